The van der Waals surface area contributed by atoms with E-state index in [9.17, 15) is 14.7 Å². The van der Waals surface area contributed by atoms with Gasteiger partial charge in [0.1, 0.15) is 5.75 Å². The summed E-state index contributed by atoms with van der Waals surface area (Å²) in [6.45, 7) is 9.51. The summed E-state index contributed by atoms with van der Waals surface area (Å²) in [6, 6.07) is 15.5. The summed E-state index contributed by atoms with van der Waals surface area (Å²) in [5, 5.41) is 12.6. The average Bonchev–Trinajstić information content (AvgIpc) is 3.09. The fourth-order valence-electron chi connectivity index (χ4n) is 4.56. The molecule has 1 aliphatic heterocycles. The fourth-order valence-corrected chi connectivity index (χ4v) is 4.56. The lowest BCUT2D eigenvalue weighted by Gasteiger charge is -2.30. The van der Waals surface area contributed by atoms with Crippen LogP contribution >= 0.6 is 0 Å². The molecule has 0 bridgehead atoms. The molecule has 1 fully saturated rings. The van der Waals surface area contributed by atoms with E-state index in [0.717, 1.165) is 25.1 Å². The van der Waals surface area contributed by atoms with Crippen LogP contribution in [-0.2, 0) is 16.0 Å². The summed E-state index contributed by atoms with van der Waals surface area (Å²) in [5.41, 5.74) is 1.97. The number of anilines is 1. The van der Waals surface area contributed by atoms with Crippen molar-refractivity contribution in [2.75, 3.05) is 18.0 Å². The van der Waals surface area contributed by atoms with E-state index in [1.165, 1.54) is 50.8 Å². The molecule has 35 heavy (non-hydrogen) atoms. The highest BCUT2D eigenvalue weighted by molar-refractivity contribution is 5.79. The number of carboxylic acid groups (broad SMARTS) is 1. The van der Waals surface area contributed by atoms with Gasteiger partial charge in [0.15, 0.2) is 5.60 Å². The number of para-hydroxylation sites is 1. The van der Waals surface area contributed by atoms with Gasteiger partial charge in [0, 0.05) is 18.8 Å². The van der Waals surface area contributed by atoms with Crippen molar-refractivity contribution < 1.29 is 19.4 Å². The Balaban J connectivity index is 1.72. The molecule has 6 nitrogen and oxygen atoms in total. The number of rotatable bonds is 10. The predicted octanol–water partition coefficient (Wildman–Crippen LogP) is 5.76. The van der Waals surface area contributed by atoms with Crippen LogP contribution in [0.2, 0.25) is 0 Å². The van der Waals surface area contributed by atoms with Gasteiger partial charge in [-0.3, -0.25) is 4.79 Å². The van der Waals surface area contributed by atoms with Gasteiger partial charge >= 0.3 is 5.97 Å². The molecule has 6 heteroatoms. The fraction of sp³-hybridized carbons (Fsp3) is 0.517. The van der Waals surface area contributed by atoms with Crippen molar-refractivity contribution >= 4 is 17.6 Å². The summed E-state index contributed by atoms with van der Waals surface area (Å²) >= 11 is 0. The normalized spacial score (nSPS) is 15.4. The third-order valence-corrected chi connectivity index (χ3v) is 6.48. The van der Waals surface area contributed by atoms with Crippen molar-refractivity contribution in [3.8, 4) is 5.75 Å². The van der Waals surface area contributed by atoms with Crippen LogP contribution in [0.25, 0.3) is 0 Å². The average molecular weight is 481 g/mol. The molecule has 190 valence electrons. The molecule has 2 N–H and O–H groups in total. The van der Waals surface area contributed by atoms with E-state index >= 15 is 0 Å². The van der Waals surface area contributed by atoms with Crippen molar-refractivity contribution in [1.29, 1.82) is 0 Å². The molecule has 3 rings (SSSR count). The van der Waals surface area contributed by atoms with Crippen LogP contribution in [0, 0.1) is 5.92 Å². The van der Waals surface area contributed by atoms with Crippen LogP contribution in [0.1, 0.15) is 77.0 Å². The first kappa shape index (κ1) is 26.6. The molecule has 1 saturated heterocycles. The molecule has 0 radical (unpaired) electrons. The predicted molar refractivity (Wildman–Crippen MR) is 140 cm³/mol. The van der Waals surface area contributed by atoms with E-state index in [1.807, 2.05) is 12.1 Å². The Morgan fingerprint density at radius 2 is 1.63 bits per heavy atom. The van der Waals surface area contributed by atoms with E-state index in [4.69, 9.17) is 4.74 Å². The van der Waals surface area contributed by atoms with Crippen LogP contribution in [-0.4, -0.2) is 35.7 Å². The molecular weight excluding hydrogens is 440 g/mol. The van der Waals surface area contributed by atoms with Gasteiger partial charge in [0.05, 0.1) is 12.5 Å². The summed E-state index contributed by atoms with van der Waals surface area (Å²) < 4.78 is 5.56. The monoisotopic (exact) mass is 480 g/mol. The second-order valence-corrected chi connectivity index (χ2v) is 10.4. The first-order valence-corrected chi connectivity index (χ1v) is 12.8. The molecule has 1 amide bonds. The molecule has 1 unspecified atom stereocenters. The highest BCUT2D eigenvalue weighted by atomic mass is 16.5. The third-order valence-electron chi connectivity index (χ3n) is 6.48. The van der Waals surface area contributed by atoms with Crippen molar-refractivity contribution in [1.82, 2.24) is 5.32 Å². The lowest BCUT2D eigenvalue weighted by molar-refractivity contribution is -0.152. The zero-order valence-electron chi connectivity index (χ0n) is 21.5. The third kappa shape index (κ3) is 7.74. The quantitative estimate of drug-likeness (QED) is 0.452. The molecular formula is C29H40N2O4. The maximum absolute atomic E-state index is 13.1. The topological polar surface area (TPSA) is 78.9 Å². The van der Waals surface area contributed by atoms with Crippen molar-refractivity contribution in [2.24, 2.45) is 5.92 Å². The number of carboxylic acids is 1. The number of hydrogen-bond acceptors (Lipinski definition) is 4. The first-order chi connectivity index (χ1) is 16.7. The van der Waals surface area contributed by atoms with Gasteiger partial charge in [-0.05, 0) is 68.4 Å². The molecule has 1 heterocycles. The molecule has 0 saturated carbocycles. The number of nitrogens with zero attached hydrogens (tertiary/aromatic N) is 1. The molecule has 1 atom stereocenters. The minimum absolute atomic E-state index is 0.0270. The second-order valence-electron chi connectivity index (χ2n) is 10.4. The molecule has 0 aromatic heterocycles. The molecule has 1 aliphatic rings. The number of nitrogens with one attached hydrogen (secondary N) is 1. The van der Waals surface area contributed by atoms with E-state index in [-0.39, 0.29) is 18.4 Å². The van der Waals surface area contributed by atoms with E-state index < -0.39 is 11.6 Å². The number of hydrogen-bond donors (Lipinski definition) is 2. The Labute approximate surface area is 209 Å². The largest absolute Gasteiger partial charge is 0.478 e. The van der Waals surface area contributed by atoms with E-state index in [0.29, 0.717) is 11.7 Å². The number of benzene rings is 2. The minimum atomic E-state index is -1.32. The number of carbonyl (C=O) groups excluding carboxylic acids is 1. The number of carbonyl (C=O) groups is 2. The Bertz CT molecular complexity index is 976. The molecule has 0 aliphatic carbocycles. The van der Waals surface area contributed by atoms with Crippen LogP contribution in [0.3, 0.4) is 0 Å². The van der Waals surface area contributed by atoms with Crippen LogP contribution in [0.5, 0.6) is 5.75 Å². The summed E-state index contributed by atoms with van der Waals surface area (Å²) in [7, 11) is 0. The lowest BCUT2D eigenvalue weighted by atomic mass is 9.94. The second kappa shape index (κ2) is 12.1. The molecule has 0 spiro atoms. The first-order valence-electron chi connectivity index (χ1n) is 12.8. The summed E-state index contributed by atoms with van der Waals surface area (Å²) in [4.78, 5) is 26.9. The standard InChI is InChI=1S/C29H40N2O4/c1-21(2)19-25(24-11-7-8-12-26(24)31-17-9-5-6-10-18-31)30-27(32)20-22-13-15-23(16-14-22)35-29(3,4)28(33)34/h7-8,11-16,21,25H,5-6,9-10,17-20H2,1-4H3,(H,30,32)(H,33,34). The molecule has 2 aromatic carbocycles. The minimum Gasteiger partial charge on any atom is -0.478 e. The van der Waals surface area contributed by atoms with Gasteiger partial charge in [-0.2, -0.15) is 0 Å². The smallest absolute Gasteiger partial charge is 0.347 e. The zero-order valence-corrected chi connectivity index (χ0v) is 21.5. The maximum Gasteiger partial charge on any atom is 0.347 e. The van der Waals surface area contributed by atoms with Gasteiger partial charge in [0.2, 0.25) is 5.91 Å². The van der Waals surface area contributed by atoms with E-state index in [1.54, 1.807) is 12.1 Å². The number of ether oxygens (including phenoxy) is 1. The Hall–Kier alpha value is -3.02. The van der Waals surface area contributed by atoms with Gasteiger partial charge < -0.3 is 20.1 Å². The van der Waals surface area contributed by atoms with Crippen molar-refractivity contribution in [3.63, 3.8) is 0 Å². The van der Waals surface area contributed by atoms with Crippen molar-refractivity contribution in [2.45, 2.75) is 77.9 Å². The van der Waals surface area contributed by atoms with Crippen LogP contribution in [0.4, 0.5) is 5.69 Å². The van der Waals surface area contributed by atoms with Crippen molar-refractivity contribution in [3.05, 3.63) is 59.7 Å². The van der Waals surface area contributed by atoms with Crippen LogP contribution < -0.4 is 15.0 Å². The number of amides is 1. The lowest BCUT2D eigenvalue weighted by Crippen LogP contribution is -2.37. The maximum atomic E-state index is 13.1. The Kier molecular flexibility index (Phi) is 9.19. The Morgan fingerprint density at radius 1 is 1.00 bits per heavy atom. The summed E-state index contributed by atoms with van der Waals surface area (Å²) in [6.07, 6.45) is 6.10. The van der Waals surface area contributed by atoms with Gasteiger partial charge in [0.25, 0.3) is 0 Å². The van der Waals surface area contributed by atoms with Gasteiger partial charge in [-0.1, -0.05) is 57.0 Å². The SMILES string of the molecule is CC(C)CC(NC(=O)Cc1ccc(OC(C)(C)C(=O)O)cc1)c1ccccc1N1CCCCCC1. The summed E-state index contributed by atoms with van der Waals surface area (Å²) in [5.74, 6) is -0.157. The Morgan fingerprint density at radius 3 is 2.23 bits per heavy atom. The van der Waals surface area contributed by atoms with Crippen LogP contribution in [0.15, 0.2) is 48.5 Å². The van der Waals surface area contributed by atoms with Gasteiger partial charge in [-0.25, -0.2) is 4.79 Å². The zero-order chi connectivity index (χ0) is 25.4. The van der Waals surface area contributed by atoms with E-state index in [2.05, 4.69) is 48.3 Å². The highest BCUT2D eigenvalue weighted by Gasteiger charge is 2.29. The molecule has 2 aromatic rings. The highest BCUT2D eigenvalue weighted by Crippen LogP contribution is 2.32. The number of aliphatic carboxylic acids is 1. The van der Waals surface area contributed by atoms with Gasteiger partial charge in [-0.15, -0.1) is 0 Å².